The minimum atomic E-state index is -0.424. The molecule has 0 saturated carbocycles. The molecule has 1 aliphatic rings. The van der Waals surface area contributed by atoms with Gasteiger partial charge < -0.3 is 20.1 Å². The van der Waals surface area contributed by atoms with Crippen molar-refractivity contribution >= 4 is 46.2 Å². The van der Waals surface area contributed by atoms with Crippen LogP contribution in [-0.4, -0.2) is 63.2 Å². The normalized spacial score (nSPS) is 16.4. The highest BCUT2D eigenvalue weighted by molar-refractivity contribution is 8.23. The maximum absolute atomic E-state index is 11.7. The summed E-state index contributed by atoms with van der Waals surface area (Å²) in [6.07, 6.45) is 0. The summed E-state index contributed by atoms with van der Waals surface area (Å²) in [5.41, 5.74) is 5.87. The molecule has 1 aromatic heterocycles. The van der Waals surface area contributed by atoms with Crippen molar-refractivity contribution in [3.8, 4) is 0 Å². The molecule has 1 unspecified atom stereocenters. The average Bonchev–Trinajstić information content (AvgIpc) is 2.90. The number of morpholine rings is 1. The Morgan fingerprint density at radius 1 is 1.50 bits per heavy atom. The second-order valence-corrected chi connectivity index (χ2v) is 6.55. The number of rotatable bonds is 4. The molecule has 0 aliphatic carbocycles. The summed E-state index contributed by atoms with van der Waals surface area (Å²) in [5, 5.41) is 7.56. The molecule has 22 heavy (non-hydrogen) atoms. The third kappa shape index (κ3) is 3.87. The van der Waals surface area contributed by atoms with Gasteiger partial charge in [0.05, 0.1) is 19.8 Å². The molecule has 1 aromatic rings. The predicted molar refractivity (Wildman–Crippen MR) is 89.1 cm³/mol. The van der Waals surface area contributed by atoms with E-state index in [-0.39, 0.29) is 11.9 Å². The van der Waals surface area contributed by atoms with Crippen LogP contribution in [0.3, 0.4) is 0 Å². The number of hydrogen-bond donors (Lipinski definition) is 1. The van der Waals surface area contributed by atoms with E-state index in [0.29, 0.717) is 43.2 Å². The zero-order valence-electron chi connectivity index (χ0n) is 12.5. The van der Waals surface area contributed by atoms with Gasteiger partial charge in [0.1, 0.15) is 5.25 Å². The van der Waals surface area contributed by atoms with Crippen LogP contribution in [0.4, 0.5) is 11.9 Å². The van der Waals surface area contributed by atoms with E-state index in [1.54, 1.807) is 18.4 Å². The lowest BCUT2D eigenvalue weighted by Crippen LogP contribution is -2.38. The van der Waals surface area contributed by atoms with Crippen LogP contribution in [0.1, 0.15) is 13.8 Å². The number of aromatic nitrogens is 3. The zero-order valence-corrected chi connectivity index (χ0v) is 14.2. The van der Waals surface area contributed by atoms with E-state index < -0.39 is 5.25 Å². The van der Waals surface area contributed by atoms with Gasteiger partial charge in [0.15, 0.2) is 4.32 Å². The smallest absolute Gasteiger partial charge is 0.319 e. The summed E-state index contributed by atoms with van der Waals surface area (Å²) >= 11 is 6.60. The number of esters is 1. The Balaban J connectivity index is 2.12. The number of carbonyl (C=O) groups excluding carboxylic acids is 1. The first kappa shape index (κ1) is 17.0. The van der Waals surface area contributed by atoms with Crippen LogP contribution in [0.15, 0.2) is 0 Å². The second kappa shape index (κ2) is 7.75. The molecule has 2 N–H and O–H groups in total. The van der Waals surface area contributed by atoms with Crippen molar-refractivity contribution in [3.05, 3.63) is 0 Å². The van der Waals surface area contributed by atoms with Gasteiger partial charge in [0, 0.05) is 13.1 Å². The van der Waals surface area contributed by atoms with Crippen molar-refractivity contribution in [2.24, 2.45) is 0 Å². The number of carbonyl (C=O) groups is 1. The fraction of sp³-hybridized carbons (Fsp3) is 0.667. The number of hydrogen-bond acceptors (Lipinski definition) is 9. The SMILES string of the molecule is CCOC(=O)C(C)SC(=S)n1c(N)nnc1N1CCOCC1. The summed E-state index contributed by atoms with van der Waals surface area (Å²) in [5.74, 6) is 0.471. The van der Waals surface area contributed by atoms with Gasteiger partial charge in [0.25, 0.3) is 0 Å². The standard InChI is InChI=1S/C12H19N5O3S2/c1-3-20-9(18)8(2)22-12(21)17-10(13)14-15-11(17)16-4-6-19-7-5-16/h8H,3-7H2,1-2H3,(H2,13,14). The van der Waals surface area contributed by atoms with E-state index in [4.69, 9.17) is 27.4 Å². The van der Waals surface area contributed by atoms with E-state index >= 15 is 0 Å². The third-order valence-corrected chi connectivity index (χ3v) is 4.45. The quantitative estimate of drug-likeness (QED) is 0.618. The van der Waals surface area contributed by atoms with E-state index in [9.17, 15) is 4.79 Å². The van der Waals surface area contributed by atoms with Crippen molar-refractivity contribution in [2.45, 2.75) is 19.1 Å². The molecule has 1 aliphatic heterocycles. The largest absolute Gasteiger partial charge is 0.465 e. The Morgan fingerprint density at radius 2 is 2.18 bits per heavy atom. The Labute approximate surface area is 138 Å². The maximum atomic E-state index is 11.7. The minimum absolute atomic E-state index is 0.204. The van der Waals surface area contributed by atoms with Gasteiger partial charge >= 0.3 is 5.97 Å². The summed E-state index contributed by atoms with van der Waals surface area (Å²) in [6, 6.07) is 0. The molecule has 122 valence electrons. The summed E-state index contributed by atoms with van der Waals surface area (Å²) in [7, 11) is 0. The van der Waals surface area contributed by atoms with Crippen LogP contribution in [0.5, 0.6) is 0 Å². The van der Waals surface area contributed by atoms with Gasteiger partial charge in [-0.05, 0) is 13.8 Å². The Bertz CT molecular complexity index is 545. The molecule has 0 radical (unpaired) electrons. The summed E-state index contributed by atoms with van der Waals surface area (Å²) in [4.78, 5) is 13.7. The lowest BCUT2D eigenvalue weighted by atomic mass is 10.4. The number of nitrogen functional groups attached to an aromatic ring is 1. The fourth-order valence-corrected chi connectivity index (χ4v) is 3.30. The van der Waals surface area contributed by atoms with Crippen molar-refractivity contribution in [2.75, 3.05) is 43.5 Å². The van der Waals surface area contributed by atoms with Crippen molar-refractivity contribution in [1.29, 1.82) is 0 Å². The number of nitrogens with two attached hydrogens (primary N) is 1. The van der Waals surface area contributed by atoms with Gasteiger partial charge in [-0.25, -0.2) is 4.57 Å². The molecule has 2 heterocycles. The van der Waals surface area contributed by atoms with Crippen molar-refractivity contribution in [1.82, 2.24) is 14.8 Å². The number of anilines is 2. The van der Waals surface area contributed by atoms with Crippen LogP contribution in [0.25, 0.3) is 0 Å². The third-order valence-electron chi connectivity index (χ3n) is 3.04. The van der Waals surface area contributed by atoms with E-state index in [0.717, 1.165) is 0 Å². The number of thioether (sulfide) groups is 1. The molecule has 0 spiro atoms. The van der Waals surface area contributed by atoms with E-state index in [2.05, 4.69) is 10.2 Å². The lowest BCUT2D eigenvalue weighted by Gasteiger charge is -2.27. The predicted octanol–water partition coefficient (Wildman–Crippen LogP) is 0.515. The van der Waals surface area contributed by atoms with Gasteiger partial charge in [-0.3, -0.25) is 4.79 Å². The highest BCUT2D eigenvalue weighted by Crippen LogP contribution is 2.23. The van der Waals surface area contributed by atoms with Crippen LogP contribution < -0.4 is 10.6 Å². The molecule has 0 amide bonds. The van der Waals surface area contributed by atoms with Crippen LogP contribution >= 0.6 is 24.0 Å². The van der Waals surface area contributed by atoms with Crippen LogP contribution in [0, 0.1) is 0 Å². The topological polar surface area (TPSA) is 95.5 Å². The van der Waals surface area contributed by atoms with Gasteiger partial charge in [-0.1, -0.05) is 24.0 Å². The molecule has 0 aromatic carbocycles. The molecular weight excluding hydrogens is 326 g/mol. The highest BCUT2D eigenvalue weighted by atomic mass is 32.2. The fourth-order valence-electron chi connectivity index (χ4n) is 1.94. The monoisotopic (exact) mass is 345 g/mol. The summed E-state index contributed by atoms with van der Waals surface area (Å²) in [6.45, 7) is 6.46. The Hall–Kier alpha value is -1.39. The molecule has 10 heteroatoms. The first-order chi connectivity index (χ1) is 10.5. The van der Waals surface area contributed by atoms with E-state index in [1.165, 1.54) is 11.8 Å². The van der Waals surface area contributed by atoms with Crippen molar-refractivity contribution in [3.63, 3.8) is 0 Å². The molecule has 1 saturated heterocycles. The Morgan fingerprint density at radius 3 is 2.82 bits per heavy atom. The number of ether oxygens (including phenoxy) is 2. The molecular formula is C12H19N5O3S2. The van der Waals surface area contributed by atoms with E-state index in [1.807, 2.05) is 4.90 Å². The first-order valence-corrected chi connectivity index (χ1v) is 8.24. The van der Waals surface area contributed by atoms with Crippen LogP contribution in [-0.2, 0) is 14.3 Å². The van der Waals surface area contributed by atoms with Gasteiger partial charge in [0.2, 0.25) is 11.9 Å². The Kier molecular flexibility index (Phi) is 5.98. The number of nitrogens with zero attached hydrogens (tertiary/aromatic N) is 4. The highest BCUT2D eigenvalue weighted by Gasteiger charge is 2.24. The van der Waals surface area contributed by atoms with Crippen molar-refractivity contribution < 1.29 is 14.3 Å². The molecule has 0 bridgehead atoms. The van der Waals surface area contributed by atoms with Gasteiger partial charge in [-0.15, -0.1) is 10.2 Å². The lowest BCUT2D eigenvalue weighted by molar-refractivity contribution is -0.142. The van der Waals surface area contributed by atoms with Gasteiger partial charge in [-0.2, -0.15) is 0 Å². The first-order valence-electron chi connectivity index (χ1n) is 6.95. The molecule has 1 atom stereocenters. The second-order valence-electron chi connectivity index (χ2n) is 4.57. The zero-order chi connectivity index (χ0) is 16.1. The molecule has 1 fully saturated rings. The molecule has 2 rings (SSSR count). The summed E-state index contributed by atoms with van der Waals surface area (Å²) < 4.78 is 12.3. The molecule has 8 nitrogen and oxygen atoms in total. The average molecular weight is 345 g/mol. The number of thiocarbonyl (C=S) groups is 1. The van der Waals surface area contributed by atoms with Crippen LogP contribution in [0.2, 0.25) is 0 Å². The maximum Gasteiger partial charge on any atom is 0.319 e. The minimum Gasteiger partial charge on any atom is -0.465 e.